The Morgan fingerprint density at radius 1 is 1.13 bits per heavy atom. The molecule has 2 aromatic heterocycles. The third kappa shape index (κ3) is 6.96. The molecule has 0 aliphatic carbocycles. The van der Waals surface area contributed by atoms with Crippen LogP contribution in [0.2, 0.25) is 10.0 Å². The van der Waals surface area contributed by atoms with Gasteiger partial charge in [0.2, 0.25) is 5.91 Å². The summed E-state index contributed by atoms with van der Waals surface area (Å²) in [5, 5.41) is 14.9. The van der Waals surface area contributed by atoms with E-state index in [2.05, 4.69) is 35.6 Å². The van der Waals surface area contributed by atoms with Gasteiger partial charge in [0.05, 0.1) is 34.5 Å². The van der Waals surface area contributed by atoms with Crippen LogP contribution in [0.3, 0.4) is 0 Å². The van der Waals surface area contributed by atoms with Gasteiger partial charge in [-0.25, -0.2) is 4.39 Å². The summed E-state index contributed by atoms with van der Waals surface area (Å²) >= 11 is 12.7. The van der Waals surface area contributed by atoms with E-state index < -0.39 is 11.9 Å². The molecule has 2 aliphatic heterocycles. The molecule has 2 saturated heterocycles. The minimum atomic E-state index is -0.492. The second-order valence-corrected chi connectivity index (χ2v) is 12.1. The molecular formula is C32H36Cl2FN7O3. The van der Waals surface area contributed by atoms with Crippen LogP contribution in [0.5, 0.6) is 5.75 Å². The Hall–Kier alpha value is -3.64. The smallest absolute Gasteiger partial charge is 0.224 e. The fraction of sp³-hybridized carbons (Fsp3) is 0.406. The van der Waals surface area contributed by atoms with Crippen molar-refractivity contribution < 1.29 is 18.7 Å². The van der Waals surface area contributed by atoms with Crippen molar-refractivity contribution in [1.29, 1.82) is 0 Å². The van der Waals surface area contributed by atoms with Gasteiger partial charge in [0, 0.05) is 67.7 Å². The summed E-state index contributed by atoms with van der Waals surface area (Å²) in [6.07, 6.45) is 4.80. The third-order valence-electron chi connectivity index (χ3n) is 8.45. The second-order valence-electron chi connectivity index (χ2n) is 11.3. The highest BCUT2D eigenvalue weighted by Gasteiger charge is 2.27. The number of halogens is 3. The van der Waals surface area contributed by atoms with E-state index in [4.69, 9.17) is 32.7 Å². The summed E-state index contributed by atoms with van der Waals surface area (Å²) in [5.74, 6) is 0.214. The number of hydrogen-bond donors (Lipinski definition) is 3. The van der Waals surface area contributed by atoms with Crippen molar-refractivity contribution in [3.05, 3.63) is 64.2 Å². The number of pyridine rings is 1. The normalized spacial score (nSPS) is 17.0. The van der Waals surface area contributed by atoms with Crippen LogP contribution in [0, 0.1) is 5.82 Å². The topological polar surface area (TPSA) is 108 Å². The molecule has 2 aliphatic rings. The van der Waals surface area contributed by atoms with Gasteiger partial charge in [-0.15, -0.1) is 0 Å². The summed E-state index contributed by atoms with van der Waals surface area (Å²) in [6.45, 7) is 8.66. The maximum Gasteiger partial charge on any atom is 0.224 e. The van der Waals surface area contributed by atoms with E-state index in [9.17, 15) is 4.79 Å². The molecule has 2 fully saturated rings. The Kier molecular flexibility index (Phi) is 9.60. The lowest BCUT2D eigenvalue weighted by Gasteiger charge is -2.41. The number of nitrogens with one attached hydrogen (secondary N) is 3. The van der Waals surface area contributed by atoms with Crippen LogP contribution < -0.4 is 20.3 Å². The van der Waals surface area contributed by atoms with Gasteiger partial charge in [-0.1, -0.05) is 30.1 Å². The average Bonchev–Trinajstić information content (AvgIpc) is 3.44. The van der Waals surface area contributed by atoms with E-state index in [0.29, 0.717) is 44.3 Å². The molecule has 10 nitrogen and oxygen atoms in total. The van der Waals surface area contributed by atoms with Crippen LogP contribution >= 0.6 is 23.2 Å². The van der Waals surface area contributed by atoms with Gasteiger partial charge < -0.3 is 25.0 Å². The molecule has 4 aromatic rings. The Balaban J connectivity index is 1.24. The number of aromatic amines is 1. The van der Waals surface area contributed by atoms with E-state index in [1.54, 1.807) is 19.1 Å². The van der Waals surface area contributed by atoms with Gasteiger partial charge in [-0.3, -0.25) is 19.8 Å². The average molecular weight is 657 g/mol. The van der Waals surface area contributed by atoms with Crippen LogP contribution in [0.4, 0.5) is 27.3 Å². The van der Waals surface area contributed by atoms with E-state index in [-0.39, 0.29) is 18.0 Å². The zero-order valence-electron chi connectivity index (χ0n) is 25.2. The quantitative estimate of drug-likeness (QED) is 0.178. The number of fused-ring (bicyclic) bond motifs is 1. The van der Waals surface area contributed by atoms with Gasteiger partial charge >= 0.3 is 0 Å². The summed E-state index contributed by atoms with van der Waals surface area (Å²) in [5.41, 5.74) is 2.56. The number of rotatable bonds is 9. The molecule has 45 heavy (non-hydrogen) atoms. The van der Waals surface area contributed by atoms with Crippen LogP contribution in [-0.4, -0.2) is 71.4 Å². The Morgan fingerprint density at radius 3 is 2.58 bits per heavy atom. The van der Waals surface area contributed by atoms with E-state index in [1.165, 1.54) is 18.5 Å². The lowest BCUT2D eigenvalue weighted by atomic mass is 10.0. The zero-order chi connectivity index (χ0) is 31.5. The van der Waals surface area contributed by atoms with Crippen molar-refractivity contribution in [1.82, 2.24) is 20.1 Å². The number of nitrogens with zero attached hydrogens (tertiary/aromatic N) is 4. The second kappa shape index (κ2) is 13.8. The Labute approximate surface area is 271 Å². The fourth-order valence-corrected chi connectivity index (χ4v) is 6.70. The van der Waals surface area contributed by atoms with E-state index >= 15 is 4.39 Å². The molecule has 6 rings (SSSR count). The highest BCUT2D eigenvalue weighted by molar-refractivity contribution is 6.35. The number of benzene rings is 2. The molecule has 238 valence electrons. The lowest BCUT2D eigenvalue weighted by molar-refractivity contribution is -0.115. The molecule has 0 saturated carbocycles. The first-order chi connectivity index (χ1) is 21.8. The molecule has 2 aromatic carbocycles. The van der Waals surface area contributed by atoms with Crippen molar-refractivity contribution in [3.8, 4) is 5.75 Å². The molecule has 1 amide bonds. The number of morpholine rings is 1. The van der Waals surface area contributed by atoms with E-state index in [1.807, 2.05) is 19.1 Å². The van der Waals surface area contributed by atoms with Crippen molar-refractivity contribution in [2.75, 3.05) is 54.9 Å². The SMILES string of the molecule is CCC(=O)Nc1cc(N2CCC(N3CCOCC3)CC2)cc(F)c1Nc1n[nH]c2ccc(O[C@H](C)c3c(Cl)cncc3Cl)cc12. The Bertz CT molecular complexity index is 1650. The van der Waals surface area contributed by atoms with Gasteiger partial charge in [0.1, 0.15) is 17.5 Å². The summed E-state index contributed by atoms with van der Waals surface area (Å²) in [6, 6.07) is 9.28. The number of hydrogen-bond acceptors (Lipinski definition) is 8. The number of carbonyl (C=O) groups is 1. The standard InChI is InChI=1S/C32H36Cl2FN7O3/c1-3-29(43)37-28-15-21(41-8-6-20(7-9-41)42-10-12-44-13-11-42)14-26(35)31(28)38-32-23-16-22(4-5-27(23)39-40-32)45-19(2)30-24(33)17-36-18-25(30)34/h4-5,14-20H,3,6-13H2,1-2H3,(H,37,43)(H2,38,39,40)/t19-/m1/s1. The minimum absolute atomic E-state index is 0.132. The number of ether oxygens (including phenoxy) is 2. The van der Waals surface area contributed by atoms with E-state index in [0.717, 1.165) is 63.4 Å². The summed E-state index contributed by atoms with van der Waals surface area (Å²) in [7, 11) is 0. The summed E-state index contributed by atoms with van der Waals surface area (Å²) < 4.78 is 27.6. The third-order valence-corrected chi connectivity index (χ3v) is 9.05. The highest BCUT2D eigenvalue weighted by atomic mass is 35.5. The van der Waals surface area contributed by atoms with Gasteiger partial charge in [-0.2, -0.15) is 5.10 Å². The number of amides is 1. The molecule has 3 N–H and O–H groups in total. The van der Waals surface area contributed by atoms with Crippen molar-refractivity contribution in [2.24, 2.45) is 0 Å². The summed E-state index contributed by atoms with van der Waals surface area (Å²) in [4.78, 5) is 21.2. The maximum atomic E-state index is 15.9. The molecule has 13 heteroatoms. The van der Waals surface area contributed by atoms with Crippen LogP contribution in [0.1, 0.15) is 44.8 Å². The molecule has 0 spiro atoms. The maximum absolute atomic E-state index is 15.9. The number of piperidine rings is 1. The van der Waals surface area contributed by atoms with Crippen molar-refractivity contribution in [3.63, 3.8) is 0 Å². The number of carbonyl (C=O) groups excluding carboxylic acids is 1. The highest BCUT2D eigenvalue weighted by Crippen LogP contribution is 2.38. The van der Waals surface area contributed by atoms with Gasteiger partial charge in [0.25, 0.3) is 0 Å². The molecule has 0 bridgehead atoms. The molecular weight excluding hydrogens is 620 g/mol. The first kappa shape index (κ1) is 31.3. The largest absolute Gasteiger partial charge is 0.486 e. The fourth-order valence-electron chi connectivity index (χ4n) is 6.02. The van der Waals surface area contributed by atoms with Gasteiger partial charge in [-0.05, 0) is 50.1 Å². The zero-order valence-corrected chi connectivity index (χ0v) is 26.7. The van der Waals surface area contributed by atoms with Crippen LogP contribution in [-0.2, 0) is 9.53 Å². The molecule has 0 unspecified atom stereocenters. The molecule has 1 atom stereocenters. The number of aromatic nitrogens is 3. The predicted octanol–water partition coefficient (Wildman–Crippen LogP) is 6.94. The minimum Gasteiger partial charge on any atom is -0.486 e. The van der Waals surface area contributed by atoms with Crippen molar-refractivity contribution in [2.45, 2.75) is 45.3 Å². The van der Waals surface area contributed by atoms with Crippen LogP contribution in [0.25, 0.3) is 10.9 Å². The first-order valence-electron chi connectivity index (χ1n) is 15.2. The Morgan fingerprint density at radius 2 is 1.87 bits per heavy atom. The first-order valence-corrected chi connectivity index (χ1v) is 16.0. The van der Waals surface area contributed by atoms with Crippen LogP contribution in [0.15, 0.2) is 42.7 Å². The molecule has 4 heterocycles. The predicted molar refractivity (Wildman–Crippen MR) is 176 cm³/mol. The number of anilines is 4. The van der Waals surface area contributed by atoms with Gasteiger partial charge in [0.15, 0.2) is 11.6 Å². The van der Waals surface area contributed by atoms with Crippen molar-refractivity contribution >= 4 is 62.9 Å². The monoisotopic (exact) mass is 655 g/mol. The number of H-pyrrole nitrogens is 1. The molecule has 0 radical (unpaired) electrons. The lowest BCUT2D eigenvalue weighted by Crippen LogP contribution is -2.49.